The van der Waals surface area contributed by atoms with Crippen molar-refractivity contribution in [1.29, 1.82) is 0 Å². The number of carbonyl (C=O) groups is 1. The predicted molar refractivity (Wildman–Crippen MR) is 78.0 cm³/mol. The maximum absolute atomic E-state index is 12.8. The van der Waals surface area contributed by atoms with Gasteiger partial charge in [0.15, 0.2) is 0 Å². The predicted octanol–water partition coefficient (Wildman–Crippen LogP) is 1.37. The molecule has 0 radical (unpaired) electrons. The summed E-state index contributed by atoms with van der Waals surface area (Å²) in [6.07, 6.45) is 2.59. The van der Waals surface area contributed by atoms with Crippen LogP contribution in [0.1, 0.15) is 12.8 Å². The van der Waals surface area contributed by atoms with Gasteiger partial charge in [-0.05, 0) is 37.1 Å². The fourth-order valence-electron chi connectivity index (χ4n) is 2.25. The van der Waals surface area contributed by atoms with Gasteiger partial charge in [0.2, 0.25) is 10.0 Å². The molecule has 8 heteroatoms. The summed E-state index contributed by atoms with van der Waals surface area (Å²) in [5.41, 5.74) is 0.477. The Bertz CT molecular complexity index is 604. The van der Waals surface area contributed by atoms with E-state index in [2.05, 4.69) is 10.6 Å². The molecule has 1 aliphatic rings. The molecule has 1 fully saturated rings. The van der Waals surface area contributed by atoms with Crippen LogP contribution in [0.5, 0.6) is 0 Å². The quantitative estimate of drug-likeness (QED) is 0.884. The van der Waals surface area contributed by atoms with Crippen LogP contribution in [0.2, 0.25) is 0 Å². The van der Waals surface area contributed by atoms with Crippen LogP contribution in [-0.2, 0) is 10.0 Å². The molecule has 1 aliphatic heterocycles. The summed E-state index contributed by atoms with van der Waals surface area (Å²) < 4.78 is 37.1. The van der Waals surface area contributed by atoms with E-state index in [1.165, 1.54) is 28.6 Å². The average molecular weight is 315 g/mol. The Balaban J connectivity index is 1.89. The standard InChI is InChI=1S/C13H18FN3O3S/c1-21(19,20)17-8-2-3-12(9-17)16-13(18)15-11-6-4-10(14)5-7-11/h4-7,12H,2-3,8-9H2,1H3,(H2,15,16,18)/t12-/m0/s1. The molecule has 21 heavy (non-hydrogen) atoms. The third-order valence-electron chi connectivity index (χ3n) is 3.29. The smallest absolute Gasteiger partial charge is 0.319 e. The van der Waals surface area contributed by atoms with Crippen molar-refractivity contribution in [2.75, 3.05) is 24.7 Å². The number of nitrogens with one attached hydrogen (secondary N) is 2. The van der Waals surface area contributed by atoms with E-state index in [-0.39, 0.29) is 18.4 Å². The SMILES string of the molecule is CS(=O)(=O)N1CCC[C@H](NC(=O)Nc2ccc(F)cc2)C1. The number of hydrogen-bond donors (Lipinski definition) is 2. The van der Waals surface area contributed by atoms with E-state index in [0.717, 1.165) is 12.7 Å². The normalized spacial score (nSPS) is 20.0. The number of carbonyl (C=O) groups excluding carboxylic acids is 1. The largest absolute Gasteiger partial charge is 0.334 e. The number of urea groups is 1. The molecule has 1 atom stereocenters. The third-order valence-corrected chi connectivity index (χ3v) is 4.56. The lowest BCUT2D eigenvalue weighted by atomic mass is 10.1. The van der Waals surface area contributed by atoms with Gasteiger partial charge in [0.1, 0.15) is 5.82 Å². The second-order valence-electron chi connectivity index (χ2n) is 5.07. The third kappa shape index (κ3) is 4.68. The van der Waals surface area contributed by atoms with E-state index in [1.807, 2.05) is 0 Å². The summed E-state index contributed by atoms with van der Waals surface area (Å²) in [5, 5.41) is 5.32. The van der Waals surface area contributed by atoms with Gasteiger partial charge in [-0.3, -0.25) is 0 Å². The minimum Gasteiger partial charge on any atom is -0.334 e. The number of anilines is 1. The first-order chi connectivity index (χ1) is 9.84. The van der Waals surface area contributed by atoms with Gasteiger partial charge < -0.3 is 10.6 Å². The molecule has 0 saturated carbocycles. The second kappa shape index (κ2) is 6.40. The maximum Gasteiger partial charge on any atom is 0.319 e. The number of nitrogens with zero attached hydrogens (tertiary/aromatic N) is 1. The first-order valence-corrected chi connectivity index (χ1v) is 8.47. The Kier molecular flexibility index (Phi) is 4.79. The van der Waals surface area contributed by atoms with Crippen molar-refractivity contribution >= 4 is 21.7 Å². The molecule has 0 aromatic heterocycles. The van der Waals surface area contributed by atoms with Gasteiger partial charge in [0.25, 0.3) is 0 Å². The van der Waals surface area contributed by atoms with E-state index in [4.69, 9.17) is 0 Å². The summed E-state index contributed by atoms with van der Waals surface area (Å²) in [4.78, 5) is 11.8. The summed E-state index contributed by atoms with van der Waals surface area (Å²) in [6, 6.07) is 4.76. The van der Waals surface area contributed by atoms with Crippen molar-refractivity contribution in [3.05, 3.63) is 30.1 Å². The van der Waals surface area contributed by atoms with E-state index >= 15 is 0 Å². The minimum atomic E-state index is -3.24. The molecule has 1 aromatic carbocycles. The highest BCUT2D eigenvalue weighted by Gasteiger charge is 2.26. The van der Waals surface area contributed by atoms with Crippen LogP contribution in [0.25, 0.3) is 0 Å². The molecule has 1 saturated heterocycles. The van der Waals surface area contributed by atoms with E-state index in [0.29, 0.717) is 18.7 Å². The average Bonchev–Trinajstić information content (AvgIpc) is 2.41. The van der Waals surface area contributed by atoms with Crippen LogP contribution in [0.4, 0.5) is 14.9 Å². The highest BCUT2D eigenvalue weighted by Crippen LogP contribution is 2.13. The monoisotopic (exact) mass is 315 g/mol. The lowest BCUT2D eigenvalue weighted by molar-refractivity contribution is 0.236. The topological polar surface area (TPSA) is 78.5 Å². The van der Waals surface area contributed by atoms with Gasteiger partial charge in [-0.25, -0.2) is 21.9 Å². The Morgan fingerprint density at radius 3 is 2.62 bits per heavy atom. The fourth-order valence-corrected chi connectivity index (χ4v) is 3.16. The van der Waals surface area contributed by atoms with Gasteiger partial charge in [-0.2, -0.15) is 0 Å². The number of benzene rings is 1. The number of hydrogen-bond acceptors (Lipinski definition) is 3. The van der Waals surface area contributed by atoms with Gasteiger partial charge in [0, 0.05) is 24.8 Å². The molecule has 2 amide bonds. The molecule has 0 bridgehead atoms. The zero-order chi connectivity index (χ0) is 15.5. The summed E-state index contributed by atoms with van der Waals surface area (Å²) in [6.45, 7) is 0.756. The van der Waals surface area contributed by atoms with E-state index in [1.54, 1.807) is 0 Å². The van der Waals surface area contributed by atoms with Crippen LogP contribution in [0, 0.1) is 5.82 Å². The van der Waals surface area contributed by atoms with Crippen molar-refractivity contribution in [2.24, 2.45) is 0 Å². The molecule has 116 valence electrons. The Labute approximate surface area is 123 Å². The number of halogens is 1. The molecule has 1 aromatic rings. The van der Waals surface area contributed by atoms with Crippen LogP contribution in [0.15, 0.2) is 24.3 Å². The second-order valence-corrected chi connectivity index (χ2v) is 7.05. The van der Waals surface area contributed by atoms with E-state index in [9.17, 15) is 17.6 Å². The van der Waals surface area contributed by atoms with Crippen molar-refractivity contribution in [3.63, 3.8) is 0 Å². The molecule has 6 nitrogen and oxygen atoms in total. The van der Waals surface area contributed by atoms with Crippen molar-refractivity contribution in [3.8, 4) is 0 Å². The summed E-state index contributed by atoms with van der Waals surface area (Å²) >= 11 is 0. The maximum atomic E-state index is 12.8. The summed E-state index contributed by atoms with van der Waals surface area (Å²) in [7, 11) is -3.24. The molecular formula is C13H18FN3O3S. The van der Waals surface area contributed by atoms with Crippen LogP contribution in [-0.4, -0.2) is 44.1 Å². The first-order valence-electron chi connectivity index (χ1n) is 6.63. The van der Waals surface area contributed by atoms with Crippen molar-refractivity contribution < 1.29 is 17.6 Å². The highest BCUT2D eigenvalue weighted by atomic mass is 32.2. The molecule has 2 N–H and O–H groups in total. The minimum absolute atomic E-state index is 0.228. The van der Waals surface area contributed by atoms with Crippen LogP contribution >= 0.6 is 0 Å². The van der Waals surface area contributed by atoms with Crippen molar-refractivity contribution in [1.82, 2.24) is 9.62 Å². The van der Waals surface area contributed by atoms with Gasteiger partial charge in [-0.15, -0.1) is 0 Å². The fraction of sp³-hybridized carbons (Fsp3) is 0.462. The van der Waals surface area contributed by atoms with Crippen molar-refractivity contribution in [2.45, 2.75) is 18.9 Å². The summed E-state index contributed by atoms with van der Waals surface area (Å²) in [5.74, 6) is -0.378. The molecule has 2 rings (SSSR count). The van der Waals surface area contributed by atoms with Crippen LogP contribution < -0.4 is 10.6 Å². The molecule has 0 aliphatic carbocycles. The number of sulfonamides is 1. The number of rotatable bonds is 3. The molecular weight excluding hydrogens is 297 g/mol. The zero-order valence-electron chi connectivity index (χ0n) is 11.7. The Morgan fingerprint density at radius 1 is 1.33 bits per heavy atom. The lowest BCUT2D eigenvalue weighted by Crippen LogP contribution is -2.50. The Hall–Kier alpha value is -1.67. The van der Waals surface area contributed by atoms with E-state index < -0.39 is 16.1 Å². The lowest BCUT2D eigenvalue weighted by Gasteiger charge is -2.31. The van der Waals surface area contributed by atoms with Gasteiger partial charge >= 0.3 is 6.03 Å². The number of piperidine rings is 1. The zero-order valence-corrected chi connectivity index (χ0v) is 12.5. The van der Waals surface area contributed by atoms with Crippen LogP contribution in [0.3, 0.4) is 0 Å². The van der Waals surface area contributed by atoms with Gasteiger partial charge in [-0.1, -0.05) is 0 Å². The molecule has 0 unspecified atom stereocenters. The van der Waals surface area contributed by atoms with Gasteiger partial charge in [0.05, 0.1) is 6.26 Å². The highest BCUT2D eigenvalue weighted by molar-refractivity contribution is 7.88. The molecule has 1 heterocycles. The number of amides is 2. The Morgan fingerprint density at radius 2 is 2.00 bits per heavy atom. The first kappa shape index (κ1) is 15.7. The molecule has 0 spiro atoms.